The van der Waals surface area contributed by atoms with Gasteiger partial charge in [0.05, 0.1) is 11.6 Å². The maximum absolute atomic E-state index is 6.13. The summed E-state index contributed by atoms with van der Waals surface area (Å²) in [5.41, 5.74) is 0. The first-order chi connectivity index (χ1) is 8.72. The minimum absolute atomic E-state index is 0.000895. The van der Waals surface area contributed by atoms with Crippen molar-refractivity contribution in [1.29, 1.82) is 0 Å². The van der Waals surface area contributed by atoms with Crippen LogP contribution in [0.25, 0.3) is 0 Å². The van der Waals surface area contributed by atoms with Crippen molar-refractivity contribution in [1.82, 2.24) is 5.32 Å². The van der Waals surface area contributed by atoms with E-state index in [4.69, 9.17) is 32.7 Å². The lowest BCUT2D eigenvalue weighted by Gasteiger charge is -2.24. The van der Waals surface area contributed by atoms with Crippen LogP contribution in [0, 0.1) is 5.92 Å². The van der Waals surface area contributed by atoms with Crippen LogP contribution < -0.4 is 10.1 Å². The first kappa shape index (κ1) is 13.9. The Balaban J connectivity index is 2.10. The molecule has 0 saturated carbocycles. The van der Waals surface area contributed by atoms with Crippen LogP contribution in [0.4, 0.5) is 0 Å². The van der Waals surface area contributed by atoms with Crippen LogP contribution in [0.2, 0.25) is 10.0 Å². The molecule has 1 unspecified atom stereocenters. The normalized spacial score (nSPS) is 20.9. The lowest BCUT2D eigenvalue weighted by Crippen LogP contribution is -2.33. The SMILES string of the molecule is COC[C@H](Oc1cccc(Cl)c1Cl)C1CCNC1. The molecule has 100 valence electrons. The van der Waals surface area contributed by atoms with Crippen LogP contribution >= 0.6 is 23.2 Å². The van der Waals surface area contributed by atoms with Crippen molar-refractivity contribution >= 4 is 23.2 Å². The van der Waals surface area contributed by atoms with Crippen LogP contribution in [0.15, 0.2) is 18.2 Å². The fraction of sp³-hybridized carbons (Fsp3) is 0.538. The third-order valence-electron chi connectivity index (χ3n) is 3.15. The largest absolute Gasteiger partial charge is 0.486 e. The van der Waals surface area contributed by atoms with Crippen molar-refractivity contribution in [3.8, 4) is 5.75 Å². The van der Waals surface area contributed by atoms with E-state index >= 15 is 0 Å². The molecule has 0 spiro atoms. The Morgan fingerprint density at radius 3 is 2.94 bits per heavy atom. The molecular weight excluding hydrogens is 273 g/mol. The van der Waals surface area contributed by atoms with E-state index in [-0.39, 0.29) is 6.10 Å². The number of hydrogen-bond acceptors (Lipinski definition) is 3. The summed E-state index contributed by atoms with van der Waals surface area (Å²) in [5, 5.41) is 4.30. The molecule has 2 rings (SSSR count). The summed E-state index contributed by atoms with van der Waals surface area (Å²) < 4.78 is 11.2. The van der Waals surface area contributed by atoms with Gasteiger partial charge in [0.25, 0.3) is 0 Å². The van der Waals surface area contributed by atoms with Crippen molar-refractivity contribution < 1.29 is 9.47 Å². The second-order valence-corrected chi connectivity index (χ2v) is 5.20. The summed E-state index contributed by atoms with van der Waals surface area (Å²) in [5.74, 6) is 1.07. The van der Waals surface area contributed by atoms with Gasteiger partial charge in [0.15, 0.2) is 0 Å². The molecule has 1 N–H and O–H groups in total. The number of nitrogens with one attached hydrogen (secondary N) is 1. The van der Waals surface area contributed by atoms with Gasteiger partial charge >= 0.3 is 0 Å². The molecule has 3 nitrogen and oxygen atoms in total. The summed E-state index contributed by atoms with van der Waals surface area (Å²) >= 11 is 12.1. The molecular formula is C13H17Cl2NO2. The maximum Gasteiger partial charge on any atom is 0.139 e. The molecule has 0 bridgehead atoms. The van der Waals surface area contributed by atoms with E-state index in [0.29, 0.717) is 28.3 Å². The third-order valence-corrected chi connectivity index (χ3v) is 3.95. The zero-order valence-corrected chi connectivity index (χ0v) is 11.8. The lowest BCUT2D eigenvalue weighted by molar-refractivity contribution is 0.0483. The number of halogens is 2. The fourth-order valence-corrected chi connectivity index (χ4v) is 2.50. The van der Waals surface area contributed by atoms with Crippen molar-refractivity contribution in [2.45, 2.75) is 12.5 Å². The van der Waals surface area contributed by atoms with Crippen LogP contribution in [-0.4, -0.2) is 32.9 Å². The van der Waals surface area contributed by atoms with Gasteiger partial charge in [0, 0.05) is 19.6 Å². The standard InChI is InChI=1S/C13H17Cl2NO2/c1-17-8-12(9-5-6-16-7-9)18-11-4-2-3-10(14)13(11)15/h2-4,9,12,16H,5-8H2,1H3/t9?,12-/m0/s1. The first-order valence-corrected chi connectivity index (χ1v) is 6.78. The average Bonchev–Trinajstić information content (AvgIpc) is 2.88. The van der Waals surface area contributed by atoms with E-state index in [1.54, 1.807) is 13.2 Å². The molecule has 1 aromatic rings. The number of rotatable bonds is 5. The van der Waals surface area contributed by atoms with Crippen molar-refractivity contribution in [3.63, 3.8) is 0 Å². The molecule has 0 radical (unpaired) electrons. The highest BCUT2D eigenvalue weighted by molar-refractivity contribution is 6.42. The van der Waals surface area contributed by atoms with E-state index in [2.05, 4.69) is 5.32 Å². The van der Waals surface area contributed by atoms with E-state index in [1.807, 2.05) is 12.1 Å². The maximum atomic E-state index is 6.13. The minimum Gasteiger partial charge on any atom is -0.486 e. The number of hydrogen-bond donors (Lipinski definition) is 1. The molecule has 1 fully saturated rings. The topological polar surface area (TPSA) is 30.5 Å². The van der Waals surface area contributed by atoms with Gasteiger partial charge in [0.2, 0.25) is 0 Å². The molecule has 2 atom stereocenters. The molecule has 0 aromatic heterocycles. The molecule has 0 aliphatic carbocycles. The number of methoxy groups -OCH3 is 1. The predicted molar refractivity (Wildman–Crippen MR) is 73.7 cm³/mol. The Morgan fingerprint density at radius 1 is 1.44 bits per heavy atom. The molecule has 5 heteroatoms. The highest BCUT2D eigenvalue weighted by atomic mass is 35.5. The van der Waals surface area contributed by atoms with Crippen molar-refractivity contribution in [3.05, 3.63) is 28.2 Å². The third kappa shape index (κ3) is 3.29. The summed E-state index contributed by atoms with van der Waals surface area (Å²) in [6, 6.07) is 5.42. The van der Waals surface area contributed by atoms with Gasteiger partial charge in [-0.2, -0.15) is 0 Å². The Bertz CT molecular complexity index is 395. The van der Waals surface area contributed by atoms with Crippen LogP contribution in [0.5, 0.6) is 5.75 Å². The van der Waals surface area contributed by atoms with Crippen LogP contribution in [-0.2, 0) is 4.74 Å². The summed E-state index contributed by atoms with van der Waals surface area (Å²) in [6.45, 7) is 2.53. The Morgan fingerprint density at radius 2 is 2.28 bits per heavy atom. The summed E-state index contributed by atoms with van der Waals surface area (Å²) in [7, 11) is 1.68. The molecule has 0 amide bonds. The second kappa shape index (κ2) is 6.62. The van der Waals surface area contributed by atoms with Gasteiger partial charge in [-0.1, -0.05) is 29.3 Å². The average molecular weight is 290 g/mol. The van der Waals surface area contributed by atoms with Gasteiger partial charge in [-0.25, -0.2) is 0 Å². The van der Waals surface area contributed by atoms with E-state index in [0.717, 1.165) is 19.5 Å². The first-order valence-electron chi connectivity index (χ1n) is 6.02. The van der Waals surface area contributed by atoms with Gasteiger partial charge < -0.3 is 14.8 Å². The van der Waals surface area contributed by atoms with Gasteiger partial charge in [0.1, 0.15) is 16.9 Å². The molecule has 18 heavy (non-hydrogen) atoms. The highest BCUT2D eigenvalue weighted by Gasteiger charge is 2.27. The molecule has 1 aliphatic rings. The predicted octanol–water partition coefficient (Wildman–Crippen LogP) is 3.00. The molecule has 1 aliphatic heterocycles. The van der Waals surface area contributed by atoms with E-state index in [1.165, 1.54) is 0 Å². The lowest BCUT2D eigenvalue weighted by atomic mass is 10.0. The van der Waals surface area contributed by atoms with Crippen LogP contribution in [0.3, 0.4) is 0 Å². The minimum atomic E-state index is 0.000895. The van der Waals surface area contributed by atoms with Gasteiger partial charge in [-0.15, -0.1) is 0 Å². The molecule has 1 saturated heterocycles. The highest BCUT2D eigenvalue weighted by Crippen LogP contribution is 2.33. The Labute approximate surface area is 117 Å². The van der Waals surface area contributed by atoms with Gasteiger partial charge in [-0.05, 0) is 25.1 Å². The number of ether oxygens (including phenoxy) is 2. The monoisotopic (exact) mass is 289 g/mol. The second-order valence-electron chi connectivity index (χ2n) is 4.42. The van der Waals surface area contributed by atoms with Crippen molar-refractivity contribution in [2.24, 2.45) is 5.92 Å². The number of benzene rings is 1. The Hall–Kier alpha value is -0.480. The summed E-state index contributed by atoms with van der Waals surface area (Å²) in [6.07, 6.45) is 1.09. The zero-order chi connectivity index (χ0) is 13.0. The van der Waals surface area contributed by atoms with E-state index in [9.17, 15) is 0 Å². The van der Waals surface area contributed by atoms with E-state index < -0.39 is 0 Å². The van der Waals surface area contributed by atoms with Crippen LogP contribution in [0.1, 0.15) is 6.42 Å². The quantitative estimate of drug-likeness (QED) is 0.904. The fourth-order valence-electron chi connectivity index (χ4n) is 2.16. The smallest absolute Gasteiger partial charge is 0.139 e. The molecule has 1 aromatic carbocycles. The van der Waals surface area contributed by atoms with Gasteiger partial charge in [-0.3, -0.25) is 0 Å². The van der Waals surface area contributed by atoms with Crippen molar-refractivity contribution in [2.75, 3.05) is 26.8 Å². The summed E-state index contributed by atoms with van der Waals surface area (Å²) in [4.78, 5) is 0. The zero-order valence-electron chi connectivity index (χ0n) is 10.3. The molecule has 1 heterocycles. The Kier molecular flexibility index (Phi) is 5.13.